The van der Waals surface area contributed by atoms with Crippen LogP contribution < -0.4 is 4.72 Å². The van der Waals surface area contributed by atoms with Crippen molar-refractivity contribution >= 4 is 10.0 Å². The highest BCUT2D eigenvalue weighted by molar-refractivity contribution is 7.89. The quantitative estimate of drug-likeness (QED) is 0.861. The summed E-state index contributed by atoms with van der Waals surface area (Å²) in [5.41, 5.74) is 1.18. The van der Waals surface area contributed by atoms with E-state index in [4.69, 9.17) is 0 Å². The Balaban J connectivity index is 2.91. The first-order valence-corrected chi connectivity index (χ1v) is 8.01. The highest BCUT2D eigenvalue weighted by Gasteiger charge is 2.16. The molecule has 1 rings (SSSR count). The van der Waals surface area contributed by atoms with Crippen LogP contribution in [0.1, 0.15) is 52.0 Å². The minimum absolute atomic E-state index is 0.0377. The van der Waals surface area contributed by atoms with Crippen LogP contribution in [0.2, 0.25) is 0 Å². The van der Waals surface area contributed by atoms with Crippen LogP contribution in [0.5, 0.6) is 0 Å². The molecule has 0 saturated carbocycles. The van der Waals surface area contributed by atoms with Crippen molar-refractivity contribution in [3.63, 3.8) is 0 Å². The molecule has 0 aliphatic heterocycles. The maximum atomic E-state index is 12.0. The van der Waals surface area contributed by atoms with Gasteiger partial charge in [-0.1, -0.05) is 32.9 Å². The molecule has 1 N–H and O–H groups in total. The predicted octanol–water partition coefficient (Wildman–Crippen LogP) is 3.28. The summed E-state index contributed by atoms with van der Waals surface area (Å²) in [7, 11) is -3.37. The SMILES string of the molecule is CC[C@@H](C)NS(=O)(=O)c1ccc([C@H](C)CC)cc1. The predicted molar refractivity (Wildman–Crippen MR) is 75.2 cm³/mol. The van der Waals surface area contributed by atoms with Crippen molar-refractivity contribution in [1.29, 1.82) is 0 Å². The Hall–Kier alpha value is -0.870. The zero-order valence-corrected chi connectivity index (χ0v) is 12.4. The molecule has 4 heteroatoms. The molecule has 3 nitrogen and oxygen atoms in total. The lowest BCUT2D eigenvalue weighted by Crippen LogP contribution is -2.31. The molecular weight excluding hydrogens is 246 g/mol. The van der Waals surface area contributed by atoms with Gasteiger partial charge in [0.25, 0.3) is 0 Å². The Labute approximate surface area is 111 Å². The molecule has 0 amide bonds. The van der Waals surface area contributed by atoms with Crippen LogP contribution in [0, 0.1) is 0 Å². The Morgan fingerprint density at radius 2 is 1.61 bits per heavy atom. The summed E-state index contributed by atoms with van der Waals surface area (Å²) in [4.78, 5) is 0.342. The zero-order chi connectivity index (χ0) is 13.8. The van der Waals surface area contributed by atoms with Gasteiger partial charge in [-0.15, -0.1) is 0 Å². The van der Waals surface area contributed by atoms with Crippen LogP contribution in [-0.2, 0) is 10.0 Å². The molecule has 0 heterocycles. The molecule has 18 heavy (non-hydrogen) atoms. The van der Waals surface area contributed by atoms with E-state index in [9.17, 15) is 8.42 Å². The van der Waals surface area contributed by atoms with Crippen LogP contribution in [-0.4, -0.2) is 14.5 Å². The highest BCUT2D eigenvalue weighted by atomic mass is 32.2. The minimum atomic E-state index is -3.37. The van der Waals surface area contributed by atoms with Gasteiger partial charge in [0.15, 0.2) is 0 Å². The number of hydrogen-bond acceptors (Lipinski definition) is 2. The maximum Gasteiger partial charge on any atom is 0.240 e. The van der Waals surface area contributed by atoms with E-state index < -0.39 is 10.0 Å². The van der Waals surface area contributed by atoms with Gasteiger partial charge in [0.2, 0.25) is 10.0 Å². The van der Waals surface area contributed by atoms with Gasteiger partial charge in [0.05, 0.1) is 4.90 Å². The third-order valence-electron chi connectivity index (χ3n) is 3.34. The van der Waals surface area contributed by atoms with Crippen LogP contribution in [0.15, 0.2) is 29.2 Å². The fourth-order valence-corrected chi connectivity index (χ4v) is 2.95. The van der Waals surface area contributed by atoms with E-state index in [-0.39, 0.29) is 6.04 Å². The average molecular weight is 269 g/mol. The molecule has 0 fully saturated rings. The Morgan fingerprint density at radius 1 is 1.06 bits per heavy atom. The second-order valence-electron chi connectivity index (χ2n) is 4.81. The van der Waals surface area contributed by atoms with Crippen molar-refractivity contribution in [2.24, 2.45) is 0 Å². The number of benzene rings is 1. The van der Waals surface area contributed by atoms with E-state index in [0.29, 0.717) is 10.8 Å². The second kappa shape index (κ2) is 6.34. The minimum Gasteiger partial charge on any atom is -0.208 e. The van der Waals surface area contributed by atoms with E-state index in [1.54, 1.807) is 12.1 Å². The third-order valence-corrected chi connectivity index (χ3v) is 4.95. The van der Waals surface area contributed by atoms with Crippen molar-refractivity contribution in [3.8, 4) is 0 Å². The molecule has 0 bridgehead atoms. The first kappa shape index (κ1) is 15.2. The number of rotatable bonds is 6. The molecule has 0 aliphatic rings. The van der Waals surface area contributed by atoms with E-state index in [1.165, 1.54) is 5.56 Å². The van der Waals surface area contributed by atoms with E-state index in [0.717, 1.165) is 12.8 Å². The number of hydrogen-bond donors (Lipinski definition) is 1. The van der Waals surface area contributed by atoms with Gasteiger partial charge >= 0.3 is 0 Å². The molecule has 0 saturated heterocycles. The van der Waals surface area contributed by atoms with Crippen LogP contribution in [0.4, 0.5) is 0 Å². The molecule has 0 aromatic heterocycles. The maximum absolute atomic E-state index is 12.0. The molecule has 1 aromatic rings. The lowest BCUT2D eigenvalue weighted by molar-refractivity contribution is 0.556. The van der Waals surface area contributed by atoms with Gasteiger partial charge in [-0.2, -0.15) is 0 Å². The van der Waals surface area contributed by atoms with Crippen LogP contribution >= 0.6 is 0 Å². The van der Waals surface area contributed by atoms with E-state index in [2.05, 4.69) is 18.6 Å². The molecule has 1 aromatic carbocycles. The standard InChI is InChI=1S/C14H23NO2S/c1-5-11(3)13-7-9-14(10-8-13)18(16,17)15-12(4)6-2/h7-12,15H,5-6H2,1-4H3/t11-,12-/m1/s1. The third kappa shape index (κ3) is 3.82. The van der Waals surface area contributed by atoms with Gasteiger partial charge in [-0.3, -0.25) is 0 Å². The summed E-state index contributed by atoms with van der Waals surface area (Å²) < 4.78 is 26.7. The average Bonchev–Trinajstić information content (AvgIpc) is 2.37. The molecule has 0 spiro atoms. The Morgan fingerprint density at radius 3 is 2.06 bits per heavy atom. The van der Waals surface area contributed by atoms with Gasteiger partial charge in [-0.25, -0.2) is 13.1 Å². The molecule has 0 unspecified atom stereocenters. The summed E-state index contributed by atoms with van der Waals surface area (Å²) in [6.45, 7) is 8.09. The first-order chi connectivity index (χ1) is 8.40. The largest absolute Gasteiger partial charge is 0.240 e. The monoisotopic (exact) mass is 269 g/mol. The van der Waals surface area contributed by atoms with Gasteiger partial charge in [0.1, 0.15) is 0 Å². The van der Waals surface area contributed by atoms with Gasteiger partial charge in [0, 0.05) is 6.04 Å². The number of sulfonamides is 1. The second-order valence-corrected chi connectivity index (χ2v) is 6.52. The van der Waals surface area contributed by atoms with Crippen molar-refractivity contribution in [2.45, 2.75) is 57.4 Å². The van der Waals surface area contributed by atoms with Gasteiger partial charge < -0.3 is 0 Å². The lowest BCUT2D eigenvalue weighted by Gasteiger charge is -2.13. The van der Waals surface area contributed by atoms with E-state index >= 15 is 0 Å². The zero-order valence-electron chi connectivity index (χ0n) is 11.6. The van der Waals surface area contributed by atoms with Gasteiger partial charge in [-0.05, 0) is 43.4 Å². The molecular formula is C14H23NO2S. The number of nitrogens with one attached hydrogen (secondary N) is 1. The summed E-state index contributed by atoms with van der Waals surface area (Å²) >= 11 is 0. The fourth-order valence-electron chi connectivity index (χ4n) is 1.63. The Kier molecular flexibility index (Phi) is 5.35. The summed E-state index contributed by atoms with van der Waals surface area (Å²) in [5.74, 6) is 0.462. The van der Waals surface area contributed by atoms with Crippen molar-refractivity contribution in [3.05, 3.63) is 29.8 Å². The summed E-state index contributed by atoms with van der Waals surface area (Å²) in [6.07, 6.45) is 1.83. The van der Waals surface area contributed by atoms with Crippen LogP contribution in [0.3, 0.4) is 0 Å². The fraction of sp³-hybridized carbons (Fsp3) is 0.571. The molecule has 0 aliphatic carbocycles. The molecule has 102 valence electrons. The topological polar surface area (TPSA) is 46.2 Å². The first-order valence-electron chi connectivity index (χ1n) is 6.53. The Bertz CT molecular complexity index is 465. The molecule has 0 radical (unpaired) electrons. The highest BCUT2D eigenvalue weighted by Crippen LogP contribution is 2.20. The van der Waals surface area contributed by atoms with Crippen molar-refractivity contribution in [2.75, 3.05) is 0 Å². The summed E-state index contributed by atoms with van der Waals surface area (Å²) in [6, 6.07) is 7.14. The smallest absolute Gasteiger partial charge is 0.208 e. The van der Waals surface area contributed by atoms with Crippen molar-refractivity contribution in [1.82, 2.24) is 4.72 Å². The van der Waals surface area contributed by atoms with E-state index in [1.807, 2.05) is 26.0 Å². The lowest BCUT2D eigenvalue weighted by atomic mass is 9.99. The normalized spacial score (nSPS) is 15.3. The van der Waals surface area contributed by atoms with Crippen molar-refractivity contribution < 1.29 is 8.42 Å². The summed E-state index contributed by atoms with van der Waals surface area (Å²) in [5, 5.41) is 0. The van der Waals surface area contributed by atoms with Crippen LogP contribution in [0.25, 0.3) is 0 Å². The molecule has 2 atom stereocenters.